The van der Waals surface area contributed by atoms with Crippen molar-refractivity contribution in [2.75, 3.05) is 11.9 Å². The number of nitro benzene ring substituents is 1. The molecule has 1 N–H and O–H groups in total. The summed E-state index contributed by atoms with van der Waals surface area (Å²) in [6, 6.07) is 2.46. The topological polar surface area (TPSA) is 55.2 Å². The highest BCUT2D eigenvalue weighted by molar-refractivity contribution is 5.63. The van der Waals surface area contributed by atoms with Crippen molar-refractivity contribution in [3.63, 3.8) is 0 Å². The zero-order valence-electron chi connectivity index (χ0n) is 12.1. The first kappa shape index (κ1) is 15.4. The third-order valence-electron chi connectivity index (χ3n) is 3.55. The lowest BCUT2D eigenvalue weighted by Gasteiger charge is -2.27. The summed E-state index contributed by atoms with van der Waals surface area (Å²) in [5.41, 5.74) is 0.664. The number of benzene rings is 1. The van der Waals surface area contributed by atoms with Crippen LogP contribution in [0.2, 0.25) is 0 Å². The quantitative estimate of drug-likeness (QED) is 0.659. The van der Waals surface area contributed by atoms with E-state index in [9.17, 15) is 14.5 Å². The van der Waals surface area contributed by atoms with Gasteiger partial charge in [-0.05, 0) is 29.9 Å². The van der Waals surface area contributed by atoms with E-state index in [0.717, 1.165) is 6.07 Å². The minimum atomic E-state index is -0.563. The Kier molecular flexibility index (Phi) is 4.50. The van der Waals surface area contributed by atoms with Gasteiger partial charge in [-0.3, -0.25) is 10.1 Å². The van der Waals surface area contributed by atoms with Gasteiger partial charge in [0.1, 0.15) is 11.5 Å². The van der Waals surface area contributed by atoms with Gasteiger partial charge in [0.2, 0.25) is 0 Å². The number of anilines is 1. The Morgan fingerprint density at radius 3 is 2.47 bits per heavy atom. The Labute approximate surface area is 113 Å². The van der Waals surface area contributed by atoms with E-state index >= 15 is 0 Å². The second-order valence-electron chi connectivity index (χ2n) is 6.02. The lowest BCUT2D eigenvalue weighted by molar-refractivity contribution is -0.384. The maximum Gasteiger partial charge on any atom is 0.295 e. The number of nitrogens with one attached hydrogen (secondary N) is 1. The number of aryl methyl sites for hydroxylation is 1. The molecule has 0 bridgehead atoms. The molecule has 0 aromatic heterocycles. The van der Waals surface area contributed by atoms with Crippen LogP contribution in [0.1, 0.15) is 33.3 Å². The molecule has 0 saturated carbocycles. The molecule has 1 aromatic carbocycles. The summed E-state index contributed by atoms with van der Waals surface area (Å²) < 4.78 is 13.4. The molecule has 0 heterocycles. The fourth-order valence-electron chi connectivity index (χ4n) is 1.53. The second kappa shape index (κ2) is 5.55. The highest BCUT2D eigenvalue weighted by Crippen LogP contribution is 2.30. The number of hydrogen-bond acceptors (Lipinski definition) is 3. The molecular weight excluding hydrogens is 247 g/mol. The molecule has 0 spiro atoms. The Morgan fingerprint density at radius 2 is 2.00 bits per heavy atom. The molecule has 1 rings (SSSR count). The second-order valence-corrected chi connectivity index (χ2v) is 6.02. The van der Waals surface area contributed by atoms with Crippen LogP contribution >= 0.6 is 0 Å². The molecule has 0 fully saturated rings. The minimum Gasteiger partial charge on any atom is -0.379 e. The third-order valence-corrected chi connectivity index (χ3v) is 3.55. The first-order valence-corrected chi connectivity index (χ1v) is 6.31. The summed E-state index contributed by atoms with van der Waals surface area (Å²) in [5, 5.41) is 14.0. The molecule has 5 heteroatoms. The molecule has 19 heavy (non-hydrogen) atoms. The van der Waals surface area contributed by atoms with Gasteiger partial charge in [-0.25, -0.2) is 4.39 Å². The smallest absolute Gasteiger partial charge is 0.295 e. The van der Waals surface area contributed by atoms with E-state index in [0.29, 0.717) is 23.7 Å². The number of halogens is 1. The first-order valence-electron chi connectivity index (χ1n) is 6.31. The van der Waals surface area contributed by atoms with Gasteiger partial charge in [-0.1, -0.05) is 27.7 Å². The van der Waals surface area contributed by atoms with Crippen LogP contribution in [0.4, 0.5) is 15.8 Å². The molecule has 0 aliphatic carbocycles. The average Bonchev–Trinajstić information content (AvgIpc) is 2.28. The van der Waals surface area contributed by atoms with E-state index < -0.39 is 10.7 Å². The zero-order valence-corrected chi connectivity index (χ0v) is 12.1. The number of nitro groups is 1. The molecule has 0 aliphatic heterocycles. The van der Waals surface area contributed by atoms with Crippen molar-refractivity contribution in [2.24, 2.45) is 11.3 Å². The largest absolute Gasteiger partial charge is 0.379 e. The van der Waals surface area contributed by atoms with Crippen molar-refractivity contribution >= 4 is 11.4 Å². The molecule has 0 saturated heterocycles. The van der Waals surface area contributed by atoms with Gasteiger partial charge >= 0.3 is 0 Å². The standard InChI is InChI=1S/C14H21FN2O2/c1-9-6-12(13(17(18)19)7-11(9)15)16-8-10(2)14(3,4)5/h6-7,10,16H,8H2,1-5H3. The molecule has 0 aliphatic rings. The fourth-order valence-corrected chi connectivity index (χ4v) is 1.53. The summed E-state index contributed by atoms with van der Waals surface area (Å²) in [4.78, 5) is 10.4. The van der Waals surface area contributed by atoms with Crippen molar-refractivity contribution in [3.8, 4) is 0 Å². The van der Waals surface area contributed by atoms with E-state index in [1.165, 1.54) is 6.07 Å². The Morgan fingerprint density at radius 1 is 1.42 bits per heavy atom. The van der Waals surface area contributed by atoms with Crippen LogP contribution in [0.25, 0.3) is 0 Å². The van der Waals surface area contributed by atoms with Crippen LogP contribution in [-0.4, -0.2) is 11.5 Å². The van der Waals surface area contributed by atoms with Crippen molar-refractivity contribution in [1.82, 2.24) is 0 Å². The van der Waals surface area contributed by atoms with E-state index in [1.54, 1.807) is 6.92 Å². The lowest BCUT2D eigenvalue weighted by Crippen LogP contribution is -2.25. The molecule has 0 amide bonds. The highest BCUT2D eigenvalue weighted by atomic mass is 19.1. The number of hydrogen-bond donors (Lipinski definition) is 1. The third kappa shape index (κ3) is 3.91. The number of nitrogens with zero attached hydrogens (tertiary/aromatic N) is 1. The summed E-state index contributed by atoms with van der Waals surface area (Å²) in [6.45, 7) is 10.6. The normalized spacial score (nSPS) is 13.2. The van der Waals surface area contributed by atoms with E-state index in [-0.39, 0.29) is 11.1 Å². The summed E-state index contributed by atoms with van der Waals surface area (Å²) in [5.74, 6) is -0.224. The SMILES string of the molecule is Cc1cc(NCC(C)C(C)(C)C)c([N+](=O)[O-])cc1F. The van der Waals surface area contributed by atoms with Crippen molar-refractivity contribution in [2.45, 2.75) is 34.6 Å². The Balaban J connectivity index is 2.95. The van der Waals surface area contributed by atoms with Crippen LogP contribution in [0.3, 0.4) is 0 Å². The Hall–Kier alpha value is -1.65. The molecule has 0 radical (unpaired) electrons. The molecule has 1 atom stereocenters. The molecule has 1 aromatic rings. The van der Waals surface area contributed by atoms with Crippen LogP contribution < -0.4 is 5.32 Å². The molecular formula is C14H21FN2O2. The fraction of sp³-hybridized carbons (Fsp3) is 0.571. The first-order chi connectivity index (χ1) is 8.62. The zero-order chi connectivity index (χ0) is 14.8. The monoisotopic (exact) mass is 268 g/mol. The van der Waals surface area contributed by atoms with Crippen LogP contribution in [0.15, 0.2) is 12.1 Å². The van der Waals surface area contributed by atoms with Crippen LogP contribution in [0, 0.1) is 34.2 Å². The van der Waals surface area contributed by atoms with Crippen molar-refractivity contribution in [3.05, 3.63) is 33.6 Å². The lowest BCUT2D eigenvalue weighted by atomic mass is 9.82. The number of rotatable bonds is 4. The van der Waals surface area contributed by atoms with Crippen LogP contribution in [0.5, 0.6) is 0 Å². The van der Waals surface area contributed by atoms with Gasteiger partial charge in [0.15, 0.2) is 0 Å². The highest BCUT2D eigenvalue weighted by Gasteiger charge is 2.22. The minimum absolute atomic E-state index is 0.108. The van der Waals surface area contributed by atoms with Crippen molar-refractivity contribution in [1.29, 1.82) is 0 Å². The molecule has 1 unspecified atom stereocenters. The summed E-state index contributed by atoms with van der Waals surface area (Å²) in [7, 11) is 0. The van der Waals surface area contributed by atoms with Gasteiger partial charge in [-0.15, -0.1) is 0 Å². The van der Waals surface area contributed by atoms with E-state index in [4.69, 9.17) is 0 Å². The van der Waals surface area contributed by atoms with E-state index in [1.807, 2.05) is 0 Å². The predicted octanol–water partition coefficient (Wildman–Crippen LogP) is 4.14. The molecule has 4 nitrogen and oxygen atoms in total. The van der Waals surface area contributed by atoms with Crippen molar-refractivity contribution < 1.29 is 9.31 Å². The van der Waals surface area contributed by atoms with Gasteiger partial charge in [-0.2, -0.15) is 0 Å². The average molecular weight is 268 g/mol. The Bertz CT molecular complexity index is 481. The summed E-state index contributed by atoms with van der Waals surface area (Å²) >= 11 is 0. The maximum absolute atomic E-state index is 13.4. The summed E-state index contributed by atoms with van der Waals surface area (Å²) in [6.07, 6.45) is 0. The van der Waals surface area contributed by atoms with Gasteiger partial charge < -0.3 is 5.32 Å². The van der Waals surface area contributed by atoms with Gasteiger partial charge in [0.05, 0.1) is 11.0 Å². The van der Waals surface area contributed by atoms with Gasteiger partial charge in [0.25, 0.3) is 5.69 Å². The van der Waals surface area contributed by atoms with Gasteiger partial charge in [0, 0.05) is 6.54 Å². The molecule has 106 valence electrons. The van der Waals surface area contributed by atoms with E-state index in [2.05, 4.69) is 33.0 Å². The predicted molar refractivity (Wildman–Crippen MR) is 74.9 cm³/mol. The van der Waals surface area contributed by atoms with Crippen LogP contribution in [-0.2, 0) is 0 Å². The maximum atomic E-state index is 13.4.